The lowest BCUT2D eigenvalue weighted by molar-refractivity contribution is -0.117. The first-order valence-electron chi connectivity index (χ1n) is 6.37. The molecule has 0 unspecified atom stereocenters. The summed E-state index contributed by atoms with van der Waals surface area (Å²) in [6.07, 6.45) is 0. The number of nitrogens with one attached hydrogen (secondary N) is 1. The standard InChI is InChI=1S/C14H21BrClN3O/c1-14(2,8-17)9-19(3)7-13(20)18-12-5-4-10(15)6-11(12)16/h4-6H,7-9,17H2,1-3H3,(H,18,20). The van der Waals surface area contributed by atoms with Crippen LogP contribution in [0.15, 0.2) is 22.7 Å². The van der Waals surface area contributed by atoms with Gasteiger partial charge in [-0.05, 0) is 37.2 Å². The molecule has 6 heteroatoms. The second-order valence-electron chi connectivity index (χ2n) is 5.71. The first-order chi connectivity index (χ1) is 9.23. The van der Waals surface area contributed by atoms with E-state index in [4.69, 9.17) is 17.3 Å². The first-order valence-corrected chi connectivity index (χ1v) is 7.54. The Morgan fingerprint density at radius 2 is 2.15 bits per heavy atom. The quantitative estimate of drug-likeness (QED) is 0.818. The number of halogens is 2. The number of hydrogen-bond donors (Lipinski definition) is 2. The lowest BCUT2D eigenvalue weighted by Gasteiger charge is -2.28. The fourth-order valence-electron chi connectivity index (χ4n) is 1.88. The summed E-state index contributed by atoms with van der Waals surface area (Å²) in [7, 11) is 1.90. The van der Waals surface area contributed by atoms with Crippen molar-refractivity contribution < 1.29 is 4.79 Å². The van der Waals surface area contributed by atoms with Crippen LogP contribution in [0, 0.1) is 5.41 Å². The van der Waals surface area contributed by atoms with Gasteiger partial charge in [-0.25, -0.2) is 0 Å². The van der Waals surface area contributed by atoms with E-state index >= 15 is 0 Å². The average molecular weight is 363 g/mol. The number of rotatable bonds is 6. The Morgan fingerprint density at radius 1 is 1.50 bits per heavy atom. The Kier molecular flexibility index (Phi) is 6.45. The normalized spacial score (nSPS) is 11.8. The van der Waals surface area contributed by atoms with Gasteiger partial charge in [-0.15, -0.1) is 0 Å². The number of carbonyl (C=O) groups is 1. The molecule has 0 heterocycles. The zero-order valence-corrected chi connectivity index (χ0v) is 14.4. The number of amides is 1. The van der Waals surface area contributed by atoms with Crippen LogP contribution in [-0.2, 0) is 4.79 Å². The van der Waals surface area contributed by atoms with Crippen molar-refractivity contribution in [2.75, 3.05) is 32.0 Å². The second-order valence-corrected chi connectivity index (χ2v) is 7.04. The summed E-state index contributed by atoms with van der Waals surface area (Å²) in [4.78, 5) is 13.9. The molecule has 0 aliphatic heterocycles. The molecule has 0 spiro atoms. The summed E-state index contributed by atoms with van der Waals surface area (Å²) < 4.78 is 0.877. The minimum absolute atomic E-state index is 0.00964. The van der Waals surface area contributed by atoms with Crippen molar-refractivity contribution in [1.82, 2.24) is 4.90 Å². The molecule has 0 fully saturated rings. The highest BCUT2D eigenvalue weighted by Gasteiger charge is 2.19. The van der Waals surface area contributed by atoms with Crippen LogP contribution < -0.4 is 11.1 Å². The van der Waals surface area contributed by atoms with Crippen LogP contribution in [0.5, 0.6) is 0 Å². The van der Waals surface area contributed by atoms with E-state index in [1.54, 1.807) is 12.1 Å². The van der Waals surface area contributed by atoms with Crippen molar-refractivity contribution in [2.24, 2.45) is 11.1 Å². The van der Waals surface area contributed by atoms with Gasteiger partial charge in [-0.2, -0.15) is 0 Å². The highest BCUT2D eigenvalue weighted by atomic mass is 79.9. The van der Waals surface area contributed by atoms with Crippen LogP contribution in [0.3, 0.4) is 0 Å². The van der Waals surface area contributed by atoms with E-state index in [9.17, 15) is 4.79 Å². The summed E-state index contributed by atoms with van der Waals surface area (Å²) in [5.74, 6) is -0.0930. The predicted octanol–water partition coefficient (Wildman–Crippen LogP) is 2.96. The molecule has 20 heavy (non-hydrogen) atoms. The molecule has 0 aliphatic rings. The van der Waals surface area contributed by atoms with Gasteiger partial charge in [0.25, 0.3) is 0 Å². The Labute approximate surface area is 133 Å². The Bertz CT molecular complexity index is 479. The molecule has 1 rings (SSSR count). The van der Waals surface area contributed by atoms with Gasteiger partial charge in [0, 0.05) is 11.0 Å². The molecule has 0 aliphatic carbocycles. The van der Waals surface area contributed by atoms with Gasteiger partial charge < -0.3 is 11.1 Å². The van der Waals surface area contributed by atoms with E-state index in [1.807, 2.05) is 18.0 Å². The summed E-state index contributed by atoms with van der Waals surface area (Å²) in [5.41, 5.74) is 6.30. The molecule has 0 aromatic heterocycles. The smallest absolute Gasteiger partial charge is 0.238 e. The van der Waals surface area contributed by atoms with Gasteiger partial charge in [0.1, 0.15) is 0 Å². The molecule has 1 amide bonds. The van der Waals surface area contributed by atoms with Crippen LogP contribution in [-0.4, -0.2) is 37.5 Å². The van der Waals surface area contributed by atoms with E-state index in [0.717, 1.165) is 11.0 Å². The minimum atomic E-state index is -0.0930. The van der Waals surface area contributed by atoms with E-state index in [0.29, 0.717) is 23.8 Å². The van der Waals surface area contributed by atoms with Gasteiger partial charge in [0.15, 0.2) is 0 Å². The molecule has 112 valence electrons. The number of benzene rings is 1. The number of carbonyl (C=O) groups excluding carboxylic acids is 1. The van der Waals surface area contributed by atoms with Crippen LogP contribution in [0.1, 0.15) is 13.8 Å². The molecular weight excluding hydrogens is 342 g/mol. The molecule has 0 radical (unpaired) electrons. The van der Waals surface area contributed by atoms with Gasteiger partial charge in [0.05, 0.1) is 17.3 Å². The molecular formula is C14H21BrClN3O. The monoisotopic (exact) mass is 361 g/mol. The molecule has 0 bridgehead atoms. The molecule has 3 N–H and O–H groups in total. The largest absolute Gasteiger partial charge is 0.330 e. The van der Waals surface area contributed by atoms with E-state index in [1.165, 1.54) is 0 Å². The Hall–Kier alpha value is -0.620. The van der Waals surface area contributed by atoms with Crippen molar-refractivity contribution in [3.8, 4) is 0 Å². The summed E-state index contributed by atoms with van der Waals surface area (Å²) >= 11 is 9.39. The highest BCUT2D eigenvalue weighted by Crippen LogP contribution is 2.25. The third-order valence-corrected chi connectivity index (χ3v) is 3.68. The summed E-state index contributed by atoms with van der Waals surface area (Å²) in [6.45, 7) is 5.79. The van der Waals surface area contributed by atoms with Crippen molar-refractivity contribution in [3.05, 3.63) is 27.7 Å². The fourth-order valence-corrected chi connectivity index (χ4v) is 2.60. The van der Waals surface area contributed by atoms with Gasteiger partial charge in [0.2, 0.25) is 5.91 Å². The third kappa shape index (κ3) is 5.79. The number of nitrogens with zero attached hydrogens (tertiary/aromatic N) is 1. The van der Waals surface area contributed by atoms with E-state index < -0.39 is 0 Å². The maximum absolute atomic E-state index is 12.0. The lowest BCUT2D eigenvalue weighted by Crippen LogP contribution is -2.40. The Balaban J connectivity index is 2.55. The van der Waals surface area contributed by atoms with Crippen molar-refractivity contribution in [3.63, 3.8) is 0 Å². The summed E-state index contributed by atoms with van der Waals surface area (Å²) in [5, 5.41) is 3.32. The van der Waals surface area contributed by atoms with Crippen molar-refractivity contribution in [1.29, 1.82) is 0 Å². The Morgan fingerprint density at radius 3 is 2.70 bits per heavy atom. The predicted molar refractivity (Wildman–Crippen MR) is 88.1 cm³/mol. The maximum Gasteiger partial charge on any atom is 0.238 e. The van der Waals surface area contributed by atoms with Crippen LogP contribution in [0.25, 0.3) is 0 Å². The molecule has 0 saturated carbocycles. The molecule has 1 aromatic carbocycles. The molecule has 0 saturated heterocycles. The fraction of sp³-hybridized carbons (Fsp3) is 0.500. The van der Waals surface area contributed by atoms with E-state index in [2.05, 4.69) is 35.1 Å². The lowest BCUT2D eigenvalue weighted by atomic mass is 9.93. The van der Waals surface area contributed by atoms with Gasteiger partial charge >= 0.3 is 0 Å². The summed E-state index contributed by atoms with van der Waals surface area (Å²) in [6, 6.07) is 5.36. The molecule has 1 aromatic rings. The zero-order chi connectivity index (χ0) is 15.3. The van der Waals surface area contributed by atoms with Gasteiger partial charge in [-0.1, -0.05) is 41.4 Å². The van der Waals surface area contributed by atoms with Crippen LogP contribution in [0.2, 0.25) is 5.02 Å². The molecule has 0 atom stereocenters. The van der Waals surface area contributed by atoms with Crippen molar-refractivity contribution in [2.45, 2.75) is 13.8 Å². The number of hydrogen-bond acceptors (Lipinski definition) is 3. The van der Waals surface area contributed by atoms with Crippen LogP contribution in [0.4, 0.5) is 5.69 Å². The SMILES string of the molecule is CN(CC(=O)Nc1ccc(Br)cc1Cl)CC(C)(C)CN. The highest BCUT2D eigenvalue weighted by molar-refractivity contribution is 9.10. The average Bonchev–Trinajstić information content (AvgIpc) is 2.32. The minimum Gasteiger partial charge on any atom is -0.330 e. The number of likely N-dealkylation sites (N-methyl/N-ethyl adjacent to an activating group) is 1. The van der Waals surface area contributed by atoms with E-state index in [-0.39, 0.29) is 11.3 Å². The zero-order valence-electron chi connectivity index (χ0n) is 12.0. The van der Waals surface area contributed by atoms with Crippen molar-refractivity contribution >= 4 is 39.1 Å². The van der Waals surface area contributed by atoms with Crippen LogP contribution >= 0.6 is 27.5 Å². The maximum atomic E-state index is 12.0. The first kappa shape index (κ1) is 17.4. The third-order valence-electron chi connectivity index (χ3n) is 2.87. The second kappa shape index (κ2) is 7.41. The number of anilines is 1. The number of nitrogens with two attached hydrogens (primary N) is 1. The van der Waals surface area contributed by atoms with Gasteiger partial charge in [-0.3, -0.25) is 9.69 Å². The topological polar surface area (TPSA) is 58.4 Å². The molecule has 4 nitrogen and oxygen atoms in total.